The Balaban J connectivity index is 1.50. The summed E-state index contributed by atoms with van der Waals surface area (Å²) in [7, 11) is -3.99. The van der Waals surface area contributed by atoms with Crippen LogP contribution in [0.5, 0.6) is 0 Å². The third-order valence-corrected chi connectivity index (χ3v) is 6.47. The molecule has 5 rings (SSSR count). The molecule has 2 aromatic carbocycles. The van der Waals surface area contributed by atoms with E-state index >= 15 is 0 Å². The van der Waals surface area contributed by atoms with Crippen LogP contribution in [0.3, 0.4) is 0 Å². The summed E-state index contributed by atoms with van der Waals surface area (Å²) in [5, 5.41) is 5.97. The van der Waals surface area contributed by atoms with E-state index in [1.807, 2.05) is 55.5 Å². The Morgan fingerprint density at radius 1 is 1.20 bits per heavy atom. The number of amides is 1. The second kappa shape index (κ2) is 8.26. The topological polar surface area (TPSA) is 121 Å². The van der Waals surface area contributed by atoms with Gasteiger partial charge in [-0.2, -0.15) is 13.5 Å². The standard InChI is InChI=1S/C24H21ClN4O5S/c1-15-10-21(28-9-8-24(28,23(26)30)34-35(2,31)32)27-29(15)14-18-12-19(25)11-17-13-20(33-22(17)18)16-6-4-3-5-7-16/h3-13H,14H2,1-2H3,(H2,26,30). The highest BCUT2D eigenvalue weighted by atomic mass is 35.5. The quantitative estimate of drug-likeness (QED) is 0.374. The average molecular weight is 513 g/mol. The molecule has 2 N–H and O–H groups in total. The fourth-order valence-corrected chi connectivity index (χ4v) is 4.98. The van der Waals surface area contributed by atoms with Crippen molar-refractivity contribution in [3.05, 3.63) is 83.2 Å². The van der Waals surface area contributed by atoms with Gasteiger partial charge in [-0.1, -0.05) is 41.9 Å². The molecule has 1 aliphatic rings. The average Bonchev–Trinajstić information content (AvgIpc) is 3.34. The molecule has 0 fully saturated rings. The molecule has 1 atom stereocenters. The summed E-state index contributed by atoms with van der Waals surface area (Å²) in [5.74, 6) is 0.0465. The number of hydrogen-bond acceptors (Lipinski definition) is 7. The highest BCUT2D eigenvalue weighted by Crippen LogP contribution is 2.36. The van der Waals surface area contributed by atoms with Crippen LogP contribution in [0.2, 0.25) is 5.02 Å². The number of halogens is 1. The third kappa shape index (κ3) is 4.20. The van der Waals surface area contributed by atoms with Gasteiger partial charge >= 0.3 is 0 Å². The van der Waals surface area contributed by atoms with Crippen molar-refractivity contribution in [3.63, 3.8) is 0 Å². The number of nitrogens with zero attached hydrogens (tertiary/aromatic N) is 3. The molecule has 0 aliphatic carbocycles. The van der Waals surface area contributed by atoms with Gasteiger partial charge in [0.1, 0.15) is 11.3 Å². The van der Waals surface area contributed by atoms with Crippen LogP contribution in [0.25, 0.3) is 22.3 Å². The minimum atomic E-state index is -3.99. The molecule has 1 amide bonds. The number of fused-ring (bicyclic) bond motifs is 1. The number of carbonyl (C=O) groups excluding carboxylic acids is 1. The van der Waals surface area contributed by atoms with E-state index in [-0.39, 0.29) is 0 Å². The van der Waals surface area contributed by atoms with Gasteiger partial charge in [-0.05, 0) is 31.2 Å². The van der Waals surface area contributed by atoms with Crippen molar-refractivity contribution >= 4 is 44.4 Å². The lowest BCUT2D eigenvalue weighted by molar-refractivity contribution is -0.130. The molecule has 180 valence electrons. The second-order valence-corrected chi connectivity index (χ2v) is 10.3. The molecule has 0 saturated heterocycles. The summed E-state index contributed by atoms with van der Waals surface area (Å²) in [6.07, 6.45) is 3.61. The van der Waals surface area contributed by atoms with E-state index in [1.54, 1.807) is 10.7 Å². The van der Waals surface area contributed by atoms with Crippen LogP contribution in [-0.4, -0.2) is 36.1 Å². The largest absolute Gasteiger partial charge is 0.456 e. The first-order valence-corrected chi connectivity index (χ1v) is 12.8. The van der Waals surface area contributed by atoms with Gasteiger partial charge in [0.2, 0.25) is 0 Å². The van der Waals surface area contributed by atoms with Crippen molar-refractivity contribution in [2.24, 2.45) is 5.73 Å². The van der Waals surface area contributed by atoms with E-state index in [0.29, 0.717) is 23.0 Å². The van der Waals surface area contributed by atoms with Crippen molar-refractivity contribution in [2.75, 3.05) is 11.2 Å². The zero-order chi connectivity index (χ0) is 25.0. The highest BCUT2D eigenvalue weighted by molar-refractivity contribution is 7.86. The van der Waals surface area contributed by atoms with E-state index in [9.17, 15) is 13.2 Å². The molecular formula is C24H21ClN4O5S. The number of carbonyl (C=O) groups is 1. The normalized spacial score (nSPS) is 17.6. The van der Waals surface area contributed by atoms with Gasteiger partial charge in [-0.25, -0.2) is 4.18 Å². The first kappa shape index (κ1) is 23.2. The summed E-state index contributed by atoms with van der Waals surface area (Å²) in [4.78, 5) is 13.4. The van der Waals surface area contributed by atoms with Crippen molar-refractivity contribution in [2.45, 2.75) is 19.2 Å². The van der Waals surface area contributed by atoms with Crippen molar-refractivity contribution in [1.82, 2.24) is 9.78 Å². The van der Waals surface area contributed by atoms with Crippen LogP contribution in [0, 0.1) is 6.92 Å². The summed E-state index contributed by atoms with van der Waals surface area (Å²) in [6, 6.07) is 17.0. The number of benzene rings is 2. The molecule has 0 bridgehead atoms. The summed E-state index contributed by atoms with van der Waals surface area (Å²) >= 11 is 6.39. The first-order valence-electron chi connectivity index (χ1n) is 10.6. The summed E-state index contributed by atoms with van der Waals surface area (Å²) < 4.78 is 36.4. The minimum Gasteiger partial charge on any atom is -0.456 e. The number of aryl methyl sites for hydroxylation is 1. The maximum atomic E-state index is 12.1. The van der Waals surface area contributed by atoms with Crippen LogP contribution in [0.4, 0.5) is 5.82 Å². The Morgan fingerprint density at radius 2 is 1.94 bits per heavy atom. The van der Waals surface area contributed by atoms with E-state index in [0.717, 1.165) is 34.2 Å². The van der Waals surface area contributed by atoms with Gasteiger partial charge in [0.15, 0.2) is 5.82 Å². The molecule has 11 heteroatoms. The smallest absolute Gasteiger partial charge is 0.277 e. The summed E-state index contributed by atoms with van der Waals surface area (Å²) in [6.45, 7) is 2.15. The minimum absolute atomic E-state index is 0.301. The van der Waals surface area contributed by atoms with Crippen molar-refractivity contribution in [1.29, 1.82) is 0 Å². The Bertz CT molecular complexity index is 1590. The van der Waals surface area contributed by atoms with Crippen LogP contribution in [0.15, 0.2) is 71.3 Å². The molecule has 2 aromatic heterocycles. The molecule has 0 radical (unpaired) electrons. The second-order valence-electron chi connectivity index (χ2n) is 8.30. The zero-order valence-electron chi connectivity index (χ0n) is 18.8. The number of aromatic nitrogens is 2. The fraction of sp³-hybridized carbons (Fsp3) is 0.167. The lowest BCUT2D eigenvalue weighted by atomic mass is 10.1. The van der Waals surface area contributed by atoms with E-state index < -0.39 is 21.8 Å². The van der Waals surface area contributed by atoms with E-state index in [1.165, 1.54) is 17.2 Å². The fourth-order valence-electron chi connectivity index (χ4n) is 4.05. The molecule has 0 saturated carbocycles. The van der Waals surface area contributed by atoms with Gasteiger partial charge in [0, 0.05) is 39.5 Å². The Hall–Kier alpha value is -3.60. The molecular weight excluding hydrogens is 492 g/mol. The van der Waals surface area contributed by atoms with Crippen LogP contribution in [0.1, 0.15) is 11.3 Å². The number of furan rings is 1. The van der Waals surface area contributed by atoms with Gasteiger partial charge in [-0.3, -0.25) is 14.4 Å². The van der Waals surface area contributed by atoms with E-state index in [2.05, 4.69) is 5.10 Å². The van der Waals surface area contributed by atoms with Gasteiger partial charge in [0.25, 0.3) is 21.8 Å². The summed E-state index contributed by atoms with van der Waals surface area (Å²) in [5.41, 5.74) is 6.70. The molecule has 3 heterocycles. The predicted octanol–water partition coefficient (Wildman–Crippen LogP) is 3.80. The van der Waals surface area contributed by atoms with Gasteiger partial charge in [-0.15, -0.1) is 0 Å². The monoisotopic (exact) mass is 512 g/mol. The predicted molar refractivity (Wildman–Crippen MR) is 132 cm³/mol. The lowest BCUT2D eigenvalue weighted by Crippen LogP contribution is -2.62. The van der Waals surface area contributed by atoms with Crippen molar-refractivity contribution < 1.29 is 21.8 Å². The maximum absolute atomic E-state index is 12.1. The number of rotatable bonds is 7. The maximum Gasteiger partial charge on any atom is 0.277 e. The van der Waals surface area contributed by atoms with E-state index in [4.69, 9.17) is 25.9 Å². The number of nitrogens with two attached hydrogens (primary N) is 1. The molecule has 35 heavy (non-hydrogen) atoms. The van der Waals surface area contributed by atoms with Crippen LogP contribution < -0.4 is 10.6 Å². The molecule has 1 aliphatic heterocycles. The highest BCUT2D eigenvalue weighted by Gasteiger charge is 2.51. The molecule has 4 aromatic rings. The van der Waals surface area contributed by atoms with Crippen LogP contribution in [-0.2, 0) is 25.6 Å². The zero-order valence-corrected chi connectivity index (χ0v) is 20.4. The Labute approximate surface area is 206 Å². The Kier molecular flexibility index (Phi) is 5.47. The van der Waals surface area contributed by atoms with Crippen molar-refractivity contribution in [3.8, 4) is 11.3 Å². The SMILES string of the molecule is Cc1cc(N2C=CC2(OS(C)(=O)=O)C(N)=O)nn1Cc1cc(Cl)cc2cc(-c3ccccc3)oc12. The van der Waals surface area contributed by atoms with Gasteiger partial charge in [0.05, 0.1) is 12.8 Å². The number of hydrogen-bond donors (Lipinski definition) is 1. The third-order valence-electron chi connectivity index (χ3n) is 5.69. The lowest BCUT2D eigenvalue weighted by Gasteiger charge is -2.41. The van der Waals surface area contributed by atoms with Crippen LogP contribution >= 0.6 is 11.6 Å². The first-order chi connectivity index (χ1) is 16.6. The molecule has 1 unspecified atom stereocenters. The molecule has 9 nitrogen and oxygen atoms in total. The number of anilines is 1. The Morgan fingerprint density at radius 3 is 2.57 bits per heavy atom. The molecule has 0 spiro atoms. The van der Waals surface area contributed by atoms with Gasteiger partial charge < -0.3 is 10.2 Å². The number of primary amides is 1.